The zero-order chi connectivity index (χ0) is 17.0. The summed E-state index contributed by atoms with van der Waals surface area (Å²) in [6.45, 7) is 0.583. The number of nitrogens with zero attached hydrogens (tertiary/aromatic N) is 3. The molecule has 1 aromatic carbocycles. The van der Waals surface area contributed by atoms with Crippen LogP contribution in [0.2, 0.25) is 0 Å². The molecule has 2 aromatic rings. The third kappa shape index (κ3) is 4.31. The van der Waals surface area contributed by atoms with E-state index in [-0.39, 0.29) is 17.5 Å². The third-order valence-electron chi connectivity index (χ3n) is 3.76. The van der Waals surface area contributed by atoms with Crippen molar-refractivity contribution in [3.63, 3.8) is 0 Å². The molecular weight excluding hydrogens is 330 g/mol. The van der Waals surface area contributed by atoms with E-state index in [4.69, 9.17) is 4.74 Å². The molecule has 2 heterocycles. The fourth-order valence-corrected chi connectivity index (χ4v) is 4.15. The Hall–Kier alpha value is -2.42. The van der Waals surface area contributed by atoms with Gasteiger partial charge in [0.1, 0.15) is 5.75 Å². The quantitative estimate of drug-likeness (QED) is 0.798. The Morgan fingerprint density at radius 3 is 2.75 bits per heavy atom. The second-order valence-electron chi connectivity index (χ2n) is 5.61. The van der Waals surface area contributed by atoms with Gasteiger partial charge in [0.15, 0.2) is 15.7 Å². The van der Waals surface area contributed by atoms with E-state index in [0.29, 0.717) is 24.7 Å². The molecule has 0 amide bonds. The highest BCUT2D eigenvalue weighted by Gasteiger charge is 2.28. The molecule has 2 N–H and O–H groups in total. The normalized spacial score (nSPS) is 19.0. The van der Waals surface area contributed by atoms with Gasteiger partial charge in [-0.05, 0) is 24.1 Å². The lowest BCUT2D eigenvalue weighted by Gasteiger charge is -2.11. The van der Waals surface area contributed by atoms with Crippen molar-refractivity contribution in [1.29, 1.82) is 0 Å². The second-order valence-corrected chi connectivity index (χ2v) is 7.84. The van der Waals surface area contributed by atoms with Crippen LogP contribution in [0.15, 0.2) is 30.5 Å². The highest BCUT2D eigenvalue weighted by atomic mass is 32.2. The molecule has 1 aliphatic rings. The van der Waals surface area contributed by atoms with E-state index >= 15 is 0 Å². The fourth-order valence-electron chi connectivity index (χ4n) is 2.48. The van der Waals surface area contributed by atoms with Gasteiger partial charge in [0, 0.05) is 12.6 Å². The van der Waals surface area contributed by atoms with Crippen LogP contribution in [0.4, 0.5) is 11.8 Å². The van der Waals surface area contributed by atoms with Crippen LogP contribution in [0.25, 0.3) is 0 Å². The number of methoxy groups -OCH3 is 1. The van der Waals surface area contributed by atoms with E-state index in [2.05, 4.69) is 25.8 Å². The van der Waals surface area contributed by atoms with Gasteiger partial charge in [-0.2, -0.15) is 10.1 Å². The van der Waals surface area contributed by atoms with Gasteiger partial charge in [-0.1, -0.05) is 12.1 Å². The van der Waals surface area contributed by atoms with Gasteiger partial charge in [0.25, 0.3) is 0 Å². The lowest BCUT2D eigenvalue weighted by Crippen LogP contribution is -2.22. The average Bonchev–Trinajstić information content (AvgIpc) is 2.92. The average molecular weight is 349 g/mol. The molecule has 3 rings (SSSR count). The van der Waals surface area contributed by atoms with Crippen LogP contribution in [0.1, 0.15) is 12.0 Å². The number of benzene rings is 1. The summed E-state index contributed by atoms with van der Waals surface area (Å²) in [5.74, 6) is 2.02. The Bertz CT molecular complexity index is 795. The van der Waals surface area contributed by atoms with Gasteiger partial charge in [0.05, 0.1) is 24.8 Å². The first-order chi connectivity index (χ1) is 11.5. The number of sulfone groups is 1. The van der Waals surface area contributed by atoms with Crippen LogP contribution in [0.3, 0.4) is 0 Å². The van der Waals surface area contributed by atoms with E-state index in [9.17, 15) is 8.42 Å². The van der Waals surface area contributed by atoms with Crippen molar-refractivity contribution in [2.24, 2.45) is 0 Å². The summed E-state index contributed by atoms with van der Waals surface area (Å²) in [5.41, 5.74) is 1.07. The lowest BCUT2D eigenvalue weighted by molar-refractivity contribution is 0.414. The van der Waals surface area contributed by atoms with Crippen molar-refractivity contribution in [2.75, 3.05) is 29.2 Å². The molecule has 8 nitrogen and oxygen atoms in total. The van der Waals surface area contributed by atoms with Crippen molar-refractivity contribution in [3.8, 4) is 5.75 Å². The van der Waals surface area contributed by atoms with Crippen LogP contribution in [-0.4, -0.2) is 48.3 Å². The van der Waals surface area contributed by atoms with Crippen molar-refractivity contribution < 1.29 is 13.2 Å². The number of aromatic nitrogens is 3. The molecule has 0 bridgehead atoms. The predicted molar refractivity (Wildman–Crippen MR) is 90.8 cm³/mol. The number of nitrogens with one attached hydrogen (secondary N) is 2. The summed E-state index contributed by atoms with van der Waals surface area (Å²) in [7, 11) is -1.31. The summed E-state index contributed by atoms with van der Waals surface area (Å²) in [6.07, 6.45) is 2.09. The Balaban J connectivity index is 1.58. The van der Waals surface area contributed by atoms with Crippen LogP contribution >= 0.6 is 0 Å². The lowest BCUT2D eigenvalue weighted by atomic mass is 10.2. The Morgan fingerprint density at radius 2 is 2.08 bits per heavy atom. The minimum atomic E-state index is -2.94. The molecule has 1 fully saturated rings. The highest BCUT2D eigenvalue weighted by Crippen LogP contribution is 2.16. The molecule has 0 radical (unpaired) electrons. The smallest absolute Gasteiger partial charge is 0.244 e. The highest BCUT2D eigenvalue weighted by molar-refractivity contribution is 7.91. The molecule has 128 valence electrons. The second kappa shape index (κ2) is 7.00. The number of hydrogen-bond donors (Lipinski definition) is 2. The van der Waals surface area contributed by atoms with Crippen molar-refractivity contribution in [2.45, 2.75) is 19.0 Å². The number of ether oxygens (including phenoxy) is 1. The van der Waals surface area contributed by atoms with Gasteiger partial charge in [0.2, 0.25) is 5.95 Å². The molecular formula is C15H19N5O3S. The summed E-state index contributed by atoms with van der Waals surface area (Å²) >= 11 is 0. The SMILES string of the molecule is COc1ccc(CNc2cnnc(NC3CCS(=O)(=O)C3)n2)cc1. The summed E-state index contributed by atoms with van der Waals surface area (Å²) in [6, 6.07) is 7.55. The molecule has 1 atom stereocenters. The maximum atomic E-state index is 11.5. The Kier molecular flexibility index (Phi) is 4.79. The first kappa shape index (κ1) is 16.4. The monoisotopic (exact) mass is 349 g/mol. The molecule has 1 aromatic heterocycles. The largest absolute Gasteiger partial charge is 0.497 e. The Morgan fingerprint density at radius 1 is 1.29 bits per heavy atom. The number of rotatable bonds is 6. The van der Waals surface area contributed by atoms with E-state index in [0.717, 1.165) is 11.3 Å². The molecule has 0 spiro atoms. The van der Waals surface area contributed by atoms with Gasteiger partial charge in [-0.25, -0.2) is 8.42 Å². The molecule has 24 heavy (non-hydrogen) atoms. The van der Waals surface area contributed by atoms with Gasteiger partial charge >= 0.3 is 0 Å². The van der Waals surface area contributed by atoms with Gasteiger partial charge in [-0.15, -0.1) is 5.10 Å². The zero-order valence-electron chi connectivity index (χ0n) is 13.3. The molecule has 0 aliphatic carbocycles. The first-order valence-electron chi connectivity index (χ1n) is 7.57. The van der Waals surface area contributed by atoms with E-state index < -0.39 is 9.84 Å². The Labute approximate surface area is 140 Å². The van der Waals surface area contributed by atoms with Crippen LogP contribution in [0.5, 0.6) is 5.75 Å². The van der Waals surface area contributed by atoms with Crippen molar-refractivity contribution in [3.05, 3.63) is 36.0 Å². The number of hydrogen-bond acceptors (Lipinski definition) is 8. The van der Waals surface area contributed by atoms with E-state index in [1.54, 1.807) is 7.11 Å². The molecule has 1 saturated heterocycles. The topological polar surface area (TPSA) is 106 Å². The van der Waals surface area contributed by atoms with E-state index in [1.165, 1.54) is 6.20 Å². The fraction of sp³-hybridized carbons (Fsp3) is 0.400. The maximum absolute atomic E-state index is 11.5. The van der Waals surface area contributed by atoms with Gasteiger partial charge < -0.3 is 15.4 Å². The van der Waals surface area contributed by atoms with Crippen molar-refractivity contribution >= 4 is 21.6 Å². The molecule has 1 unspecified atom stereocenters. The van der Waals surface area contributed by atoms with E-state index in [1.807, 2.05) is 24.3 Å². The van der Waals surface area contributed by atoms with Crippen LogP contribution < -0.4 is 15.4 Å². The predicted octanol–water partition coefficient (Wildman–Crippen LogP) is 1.09. The summed E-state index contributed by atoms with van der Waals surface area (Å²) in [4.78, 5) is 4.32. The summed E-state index contributed by atoms with van der Waals surface area (Å²) in [5, 5.41) is 14.0. The number of anilines is 2. The van der Waals surface area contributed by atoms with Crippen LogP contribution in [-0.2, 0) is 16.4 Å². The maximum Gasteiger partial charge on any atom is 0.244 e. The summed E-state index contributed by atoms with van der Waals surface area (Å²) < 4.78 is 28.1. The van der Waals surface area contributed by atoms with Crippen molar-refractivity contribution in [1.82, 2.24) is 15.2 Å². The van der Waals surface area contributed by atoms with Gasteiger partial charge in [-0.3, -0.25) is 0 Å². The first-order valence-corrected chi connectivity index (χ1v) is 9.40. The van der Waals surface area contributed by atoms with Crippen LogP contribution in [0, 0.1) is 0 Å². The minimum Gasteiger partial charge on any atom is -0.497 e. The third-order valence-corrected chi connectivity index (χ3v) is 5.53. The molecule has 1 aliphatic heterocycles. The zero-order valence-corrected chi connectivity index (χ0v) is 14.1. The minimum absolute atomic E-state index is 0.111. The standard InChI is InChI=1S/C15H19N5O3S/c1-23-13-4-2-11(3-5-13)8-16-14-9-17-20-15(19-14)18-12-6-7-24(21,22)10-12/h2-5,9,12H,6-8,10H2,1H3,(H2,16,18,19,20). The molecule has 9 heteroatoms. The molecule has 0 saturated carbocycles.